The third kappa shape index (κ3) is 3.24. The van der Waals surface area contributed by atoms with Gasteiger partial charge in [0.2, 0.25) is 0 Å². The molecule has 0 fully saturated rings. The van der Waals surface area contributed by atoms with Gasteiger partial charge in [0.25, 0.3) is 0 Å². The van der Waals surface area contributed by atoms with Gasteiger partial charge >= 0.3 is 5.97 Å². The number of esters is 1. The van der Waals surface area contributed by atoms with Gasteiger partial charge in [-0.1, -0.05) is 0 Å². The molecule has 0 unspecified atom stereocenters. The normalized spacial score (nSPS) is 9.94. The van der Waals surface area contributed by atoms with Crippen molar-refractivity contribution in [2.24, 2.45) is 5.18 Å². The Morgan fingerprint density at radius 3 is 2.61 bits per heavy atom. The molecule has 0 atom stereocenters. The molecule has 1 aromatic carbocycles. The molecule has 0 aliphatic carbocycles. The van der Waals surface area contributed by atoms with Gasteiger partial charge in [0, 0.05) is 7.11 Å². The van der Waals surface area contributed by atoms with E-state index >= 15 is 0 Å². The number of hydrogen-bond acceptors (Lipinski definition) is 6. The first-order valence-corrected chi connectivity index (χ1v) is 5.01. The molecule has 0 saturated carbocycles. The molecular formula is C11H12FNO5. The third-order valence-electron chi connectivity index (χ3n) is 2.09. The summed E-state index contributed by atoms with van der Waals surface area (Å²) in [5.41, 5.74) is -0.548. The summed E-state index contributed by atoms with van der Waals surface area (Å²) in [7, 11) is 2.63. The Morgan fingerprint density at radius 2 is 2.06 bits per heavy atom. The molecular weight excluding hydrogens is 245 g/mol. The molecule has 0 radical (unpaired) electrons. The molecule has 0 aromatic heterocycles. The van der Waals surface area contributed by atoms with Crippen molar-refractivity contribution in [3.8, 4) is 5.75 Å². The van der Waals surface area contributed by atoms with Crippen molar-refractivity contribution >= 4 is 11.7 Å². The van der Waals surface area contributed by atoms with E-state index in [2.05, 4.69) is 9.91 Å². The molecule has 0 N–H and O–H groups in total. The van der Waals surface area contributed by atoms with Gasteiger partial charge in [-0.25, -0.2) is 9.18 Å². The number of rotatable bonds is 6. The molecule has 0 aliphatic heterocycles. The summed E-state index contributed by atoms with van der Waals surface area (Å²) in [5, 5.41) is 2.53. The van der Waals surface area contributed by atoms with E-state index in [1.54, 1.807) is 0 Å². The molecule has 0 aliphatic rings. The summed E-state index contributed by atoms with van der Waals surface area (Å²) in [6.45, 7) is 0.353. The highest BCUT2D eigenvalue weighted by molar-refractivity contribution is 5.90. The smallest absolute Gasteiger partial charge is 0.338 e. The highest BCUT2D eigenvalue weighted by atomic mass is 19.1. The van der Waals surface area contributed by atoms with E-state index in [-0.39, 0.29) is 24.5 Å². The van der Waals surface area contributed by atoms with Gasteiger partial charge in [0.15, 0.2) is 17.3 Å². The fraction of sp³-hybridized carbons (Fsp3) is 0.364. The van der Waals surface area contributed by atoms with Gasteiger partial charge in [0.05, 0.1) is 19.3 Å². The van der Waals surface area contributed by atoms with Crippen LogP contribution in [-0.4, -0.2) is 33.4 Å². The second kappa shape index (κ2) is 6.65. The van der Waals surface area contributed by atoms with Gasteiger partial charge in [0.1, 0.15) is 6.61 Å². The zero-order valence-electron chi connectivity index (χ0n) is 9.94. The Hall–Kier alpha value is -2.02. The molecule has 0 spiro atoms. The summed E-state index contributed by atoms with van der Waals surface area (Å²) in [4.78, 5) is 21.8. The number of nitrogens with zero attached hydrogens (tertiary/aromatic N) is 1. The average molecular weight is 257 g/mol. The van der Waals surface area contributed by atoms with Crippen molar-refractivity contribution in [2.75, 3.05) is 27.4 Å². The van der Waals surface area contributed by atoms with Crippen LogP contribution in [0.4, 0.5) is 10.1 Å². The molecule has 1 aromatic rings. The lowest BCUT2D eigenvalue weighted by Crippen LogP contribution is -2.07. The number of carbonyl (C=O) groups excluding carboxylic acids is 1. The van der Waals surface area contributed by atoms with Crippen LogP contribution >= 0.6 is 0 Å². The van der Waals surface area contributed by atoms with Crippen molar-refractivity contribution in [3.05, 3.63) is 28.4 Å². The van der Waals surface area contributed by atoms with Crippen LogP contribution < -0.4 is 4.74 Å². The fourth-order valence-electron chi connectivity index (χ4n) is 1.24. The molecule has 0 amide bonds. The number of hydrogen-bond donors (Lipinski definition) is 0. The largest absolute Gasteiger partial charge is 0.489 e. The first-order chi connectivity index (χ1) is 8.63. The summed E-state index contributed by atoms with van der Waals surface area (Å²) >= 11 is 0. The van der Waals surface area contributed by atoms with Gasteiger partial charge in [-0.3, -0.25) is 0 Å². The van der Waals surface area contributed by atoms with E-state index < -0.39 is 17.5 Å². The molecule has 7 heteroatoms. The standard InChI is InChI=1S/C11H12FNO5/c1-16-3-4-18-9-6-7(11(14)17-2)5-8(12)10(9)13-15/h5-6H,3-4H2,1-2H3. The Kier molecular flexibility index (Phi) is 5.19. The molecule has 6 nitrogen and oxygen atoms in total. The predicted octanol–water partition coefficient (Wildman–Crippen LogP) is 2.04. The predicted molar refractivity (Wildman–Crippen MR) is 60.6 cm³/mol. The molecule has 1 rings (SSSR count). The van der Waals surface area contributed by atoms with E-state index in [0.717, 1.165) is 13.2 Å². The van der Waals surface area contributed by atoms with Crippen LogP contribution in [0.15, 0.2) is 17.3 Å². The Balaban J connectivity index is 3.07. The van der Waals surface area contributed by atoms with E-state index in [1.807, 2.05) is 0 Å². The van der Waals surface area contributed by atoms with Gasteiger partial charge < -0.3 is 14.2 Å². The second-order valence-corrected chi connectivity index (χ2v) is 3.23. The summed E-state index contributed by atoms with van der Waals surface area (Å²) in [6, 6.07) is 2.06. The van der Waals surface area contributed by atoms with Crippen molar-refractivity contribution in [1.29, 1.82) is 0 Å². The van der Waals surface area contributed by atoms with Crippen molar-refractivity contribution < 1.29 is 23.4 Å². The van der Waals surface area contributed by atoms with Crippen LogP contribution in [0.5, 0.6) is 5.75 Å². The van der Waals surface area contributed by atoms with Crippen LogP contribution in [0.3, 0.4) is 0 Å². The van der Waals surface area contributed by atoms with Crippen LogP contribution in [0.2, 0.25) is 0 Å². The van der Waals surface area contributed by atoms with E-state index in [9.17, 15) is 14.1 Å². The lowest BCUT2D eigenvalue weighted by atomic mass is 10.2. The van der Waals surface area contributed by atoms with E-state index in [0.29, 0.717) is 0 Å². The molecule has 18 heavy (non-hydrogen) atoms. The summed E-state index contributed by atoms with van der Waals surface area (Å²) in [6.07, 6.45) is 0. The quantitative estimate of drug-likeness (QED) is 0.443. The summed E-state index contributed by atoms with van der Waals surface area (Å²) in [5.74, 6) is -1.80. The minimum atomic E-state index is -0.944. The average Bonchev–Trinajstić information content (AvgIpc) is 2.37. The topological polar surface area (TPSA) is 74.2 Å². The van der Waals surface area contributed by atoms with Gasteiger partial charge in [-0.05, 0) is 17.3 Å². The molecule has 0 bridgehead atoms. The van der Waals surface area contributed by atoms with Crippen molar-refractivity contribution in [3.63, 3.8) is 0 Å². The molecule has 0 heterocycles. The number of halogens is 1. The Morgan fingerprint density at radius 1 is 1.33 bits per heavy atom. The Labute approximate surface area is 103 Å². The van der Waals surface area contributed by atoms with Gasteiger partial charge in [-0.2, -0.15) is 0 Å². The highest BCUT2D eigenvalue weighted by Crippen LogP contribution is 2.32. The number of methoxy groups -OCH3 is 2. The van der Waals surface area contributed by atoms with Crippen molar-refractivity contribution in [1.82, 2.24) is 0 Å². The lowest BCUT2D eigenvalue weighted by molar-refractivity contribution is 0.0599. The van der Waals surface area contributed by atoms with Crippen LogP contribution in [0.25, 0.3) is 0 Å². The third-order valence-corrected chi connectivity index (χ3v) is 2.09. The van der Waals surface area contributed by atoms with Crippen LogP contribution in [0, 0.1) is 10.7 Å². The minimum absolute atomic E-state index is 0.0604. The SMILES string of the molecule is COCCOc1cc(C(=O)OC)cc(F)c1N=O. The zero-order valence-corrected chi connectivity index (χ0v) is 9.94. The number of ether oxygens (including phenoxy) is 3. The second-order valence-electron chi connectivity index (χ2n) is 3.23. The Bertz CT molecular complexity index is 449. The lowest BCUT2D eigenvalue weighted by Gasteiger charge is -2.09. The maximum Gasteiger partial charge on any atom is 0.338 e. The van der Waals surface area contributed by atoms with Crippen LogP contribution in [-0.2, 0) is 9.47 Å². The first kappa shape index (κ1) is 14.0. The number of benzene rings is 1. The number of carbonyl (C=O) groups is 1. The number of nitroso groups, excluding NO2 is 1. The summed E-state index contributed by atoms with van der Waals surface area (Å²) < 4.78 is 27.8. The maximum absolute atomic E-state index is 13.5. The zero-order chi connectivity index (χ0) is 13.5. The van der Waals surface area contributed by atoms with E-state index in [4.69, 9.17) is 9.47 Å². The van der Waals surface area contributed by atoms with Crippen molar-refractivity contribution in [2.45, 2.75) is 0 Å². The van der Waals surface area contributed by atoms with Crippen LogP contribution in [0.1, 0.15) is 10.4 Å². The minimum Gasteiger partial charge on any atom is -0.489 e. The highest BCUT2D eigenvalue weighted by Gasteiger charge is 2.17. The molecule has 0 saturated heterocycles. The van der Waals surface area contributed by atoms with Gasteiger partial charge in [-0.15, -0.1) is 4.91 Å². The molecule has 98 valence electrons. The monoisotopic (exact) mass is 257 g/mol. The maximum atomic E-state index is 13.5. The first-order valence-electron chi connectivity index (χ1n) is 5.01. The fourth-order valence-corrected chi connectivity index (χ4v) is 1.24. The van der Waals surface area contributed by atoms with E-state index in [1.165, 1.54) is 13.2 Å².